The number of carbonyl (C=O) groups is 1. The highest BCUT2D eigenvalue weighted by Gasteiger charge is 2.41. The number of nitrogens with one attached hydrogen (secondary N) is 1. The molecule has 1 aliphatic carbocycles. The third-order valence-electron chi connectivity index (χ3n) is 3.95. The first kappa shape index (κ1) is 13.3. The molecule has 4 nitrogen and oxygen atoms in total. The first-order valence-corrected chi connectivity index (χ1v) is 7.31. The second kappa shape index (κ2) is 5.37. The Morgan fingerprint density at radius 1 is 1.30 bits per heavy atom. The Labute approximate surface area is 122 Å². The lowest BCUT2D eigenvalue weighted by Crippen LogP contribution is -2.30. The van der Waals surface area contributed by atoms with Gasteiger partial charge in [-0.15, -0.1) is 11.6 Å². The molecule has 0 unspecified atom stereocenters. The molecule has 1 aliphatic rings. The predicted octanol–water partition coefficient (Wildman–Crippen LogP) is 2.77. The van der Waals surface area contributed by atoms with Crippen LogP contribution in [0.1, 0.15) is 29.6 Å². The fourth-order valence-corrected chi connectivity index (χ4v) is 2.83. The van der Waals surface area contributed by atoms with Crippen LogP contribution in [0.5, 0.6) is 0 Å². The molecule has 1 saturated carbocycles. The normalized spacial score (nSPS) is 16.1. The highest BCUT2D eigenvalue weighted by molar-refractivity contribution is 6.17. The van der Waals surface area contributed by atoms with Crippen molar-refractivity contribution in [3.8, 4) is 0 Å². The molecule has 0 radical (unpaired) electrons. The Morgan fingerprint density at radius 3 is 2.85 bits per heavy atom. The standard InChI is InChI=1S/C15H16ClN3O/c16-7-6-15(4-5-15)10-19-14(20)11-2-1-3-12-13(11)18-9-8-17-12/h1-3,8-9H,4-7,10H2,(H,19,20). The zero-order valence-electron chi connectivity index (χ0n) is 11.1. The predicted molar refractivity (Wildman–Crippen MR) is 78.9 cm³/mol. The Hall–Kier alpha value is -1.68. The number of para-hydroxylation sites is 1. The minimum atomic E-state index is -0.0862. The van der Waals surface area contributed by atoms with Crippen molar-refractivity contribution in [3.05, 3.63) is 36.2 Å². The van der Waals surface area contributed by atoms with Crippen molar-refractivity contribution in [1.29, 1.82) is 0 Å². The molecule has 0 spiro atoms. The van der Waals surface area contributed by atoms with Gasteiger partial charge in [0.1, 0.15) is 5.52 Å². The molecule has 1 amide bonds. The summed E-state index contributed by atoms with van der Waals surface area (Å²) in [5, 5.41) is 3.01. The van der Waals surface area contributed by atoms with E-state index in [1.54, 1.807) is 18.5 Å². The van der Waals surface area contributed by atoms with Gasteiger partial charge in [0.25, 0.3) is 5.91 Å². The van der Waals surface area contributed by atoms with E-state index in [1.165, 1.54) is 0 Å². The quantitative estimate of drug-likeness (QED) is 0.861. The molecule has 104 valence electrons. The van der Waals surface area contributed by atoms with Gasteiger partial charge in [-0.1, -0.05) is 6.07 Å². The van der Waals surface area contributed by atoms with Crippen molar-refractivity contribution in [1.82, 2.24) is 15.3 Å². The number of nitrogens with zero attached hydrogens (tertiary/aromatic N) is 2. The molecule has 0 aliphatic heterocycles. The van der Waals surface area contributed by atoms with E-state index >= 15 is 0 Å². The lowest BCUT2D eigenvalue weighted by Gasteiger charge is -2.14. The van der Waals surface area contributed by atoms with Crippen LogP contribution in [-0.2, 0) is 0 Å². The van der Waals surface area contributed by atoms with E-state index in [0.717, 1.165) is 24.8 Å². The van der Waals surface area contributed by atoms with Gasteiger partial charge in [0.15, 0.2) is 0 Å². The lowest BCUT2D eigenvalue weighted by molar-refractivity contribution is 0.0946. The van der Waals surface area contributed by atoms with Crippen LogP contribution in [-0.4, -0.2) is 28.3 Å². The van der Waals surface area contributed by atoms with E-state index in [2.05, 4.69) is 15.3 Å². The van der Waals surface area contributed by atoms with Crippen LogP contribution in [0.3, 0.4) is 0 Å². The van der Waals surface area contributed by atoms with Gasteiger partial charge in [-0.05, 0) is 36.8 Å². The highest BCUT2D eigenvalue weighted by Crippen LogP contribution is 2.48. The van der Waals surface area contributed by atoms with Gasteiger partial charge in [-0.2, -0.15) is 0 Å². The van der Waals surface area contributed by atoms with Crippen LogP contribution >= 0.6 is 11.6 Å². The van der Waals surface area contributed by atoms with Gasteiger partial charge in [0.05, 0.1) is 11.1 Å². The molecule has 5 heteroatoms. The molecule has 3 rings (SSSR count). The summed E-state index contributed by atoms with van der Waals surface area (Å²) in [4.78, 5) is 20.8. The first-order valence-electron chi connectivity index (χ1n) is 6.78. The number of amides is 1. The fraction of sp³-hybridized carbons (Fsp3) is 0.400. The van der Waals surface area contributed by atoms with Crippen molar-refractivity contribution in [2.75, 3.05) is 12.4 Å². The van der Waals surface area contributed by atoms with E-state index in [0.29, 0.717) is 23.5 Å². The average Bonchev–Trinajstić information content (AvgIpc) is 3.25. The molecule has 0 bridgehead atoms. The monoisotopic (exact) mass is 289 g/mol. The van der Waals surface area contributed by atoms with E-state index in [-0.39, 0.29) is 11.3 Å². The van der Waals surface area contributed by atoms with E-state index < -0.39 is 0 Å². The van der Waals surface area contributed by atoms with E-state index in [4.69, 9.17) is 11.6 Å². The Morgan fingerprint density at radius 2 is 2.10 bits per heavy atom. The number of halogens is 1. The number of hydrogen-bond acceptors (Lipinski definition) is 3. The van der Waals surface area contributed by atoms with Crippen LogP contribution in [0.2, 0.25) is 0 Å². The van der Waals surface area contributed by atoms with E-state index in [1.807, 2.05) is 12.1 Å². The van der Waals surface area contributed by atoms with Crippen molar-refractivity contribution in [3.63, 3.8) is 0 Å². The summed E-state index contributed by atoms with van der Waals surface area (Å²) in [6.45, 7) is 0.690. The molecule has 2 aromatic rings. The summed E-state index contributed by atoms with van der Waals surface area (Å²) < 4.78 is 0. The van der Waals surface area contributed by atoms with Crippen LogP contribution in [0.15, 0.2) is 30.6 Å². The summed E-state index contributed by atoms with van der Waals surface area (Å²) in [7, 11) is 0. The zero-order valence-corrected chi connectivity index (χ0v) is 11.9. The van der Waals surface area contributed by atoms with Gasteiger partial charge >= 0.3 is 0 Å². The third-order valence-corrected chi connectivity index (χ3v) is 4.14. The molecular weight excluding hydrogens is 274 g/mol. The largest absolute Gasteiger partial charge is 0.351 e. The molecule has 0 atom stereocenters. The molecule has 1 heterocycles. The molecule has 1 aromatic carbocycles. The average molecular weight is 290 g/mol. The highest BCUT2D eigenvalue weighted by atomic mass is 35.5. The second-order valence-corrected chi connectivity index (χ2v) is 5.73. The van der Waals surface area contributed by atoms with Crippen molar-refractivity contribution in [2.45, 2.75) is 19.3 Å². The van der Waals surface area contributed by atoms with Gasteiger partial charge in [-0.3, -0.25) is 14.8 Å². The second-order valence-electron chi connectivity index (χ2n) is 5.35. The lowest BCUT2D eigenvalue weighted by atomic mass is 10.0. The maximum Gasteiger partial charge on any atom is 0.253 e. The van der Waals surface area contributed by atoms with Gasteiger partial charge in [0.2, 0.25) is 0 Å². The molecular formula is C15H16ClN3O. The topological polar surface area (TPSA) is 54.9 Å². The number of carbonyl (C=O) groups excluding carboxylic acids is 1. The van der Waals surface area contributed by atoms with Gasteiger partial charge in [-0.25, -0.2) is 0 Å². The van der Waals surface area contributed by atoms with Gasteiger partial charge < -0.3 is 5.32 Å². The SMILES string of the molecule is O=C(NCC1(CCCl)CC1)c1cccc2nccnc12. The smallest absolute Gasteiger partial charge is 0.253 e. The van der Waals surface area contributed by atoms with Gasteiger partial charge in [0, 0.05) is 24.8 Å². The summed E-state index contributed by atoms with van der Waals surface area (Å²) >= 11 is 5.81. The van der Waals surface area contributed by atoms with Crippen LogP contribution in [0, 0.1) is 5.41 Å². The Balaban J connectivity index is 1.76. The fourth-order valence-electron chi connectivity index (χ4n) is 2.43. The third kappa shape index (κ3) is 2.61. The van der Waals surface area contributed by atoms with Crippen LogP contribution in [0.25, 0.3) is 11.0 Å². The Kier molecular flexibility index (Phi) is 3.57. The zero-order chi connectivity index (χ0) is 14.0. The minimum absolute atomic E-state index is 0.0862. The minimum Gasteiger partial charge on any atom is -0.351 e. The van der Waals surface area contributed by atoms with Crippen LogP contribution < -0.4 is 5.32 Å². The summed E-state index contributed by atoms with van der Waals surface area (Å²) in [6, 6.07) is 5.47. The van der Waals surface area contributed by atoms with Crippen molar-refractivity contribution >= 4 is 28.5 Å². The molecule has 0 saturated heterocycles. The maximum atomic E-state index is 12.3. The number of alkyl halides is 1. The van der Waals surface area contributed by atoms with E-state index in [9.17, 15) is 4.79 Å². The maximum absolute atomic E-state index is 12.3. The summed E-state index contributed by atoms with van der Waals surface area (Å²) in [5.74, 6) is 0.562. The molecule has 20 heavy (non-hydrogen) atoms. The first-order chi connectivity index (χ1) is 9.74. The van der Waals surface area contributed by atoms with Crippen molar-refractivity contribution < 1.29 is 4.79 Å². The molecule has 1 fully saturated rings. The van der Waals surface area contributed by atoms with Crippen molar-refractivity contribution in [2.24, 2.45) is 5.41 Å². The Bertz CT molecular complexity index is 635. The number of rotatable bonds is 5. The van der Waals surface area contributed by atoms with Crippen LogP contribution in [0.4, 0.5) is 0 Å². The number of benzene rings is 1. The molecule has 1 aromatic heterocycles. The number of hydrogen-bond donors (Lipinski definition) is 1. The summed E-state index contributed by atoms with van der Waals surface area (Å²) in [6.07, 6.45) is 6.49. The number of aromatic nitrogens is 2. The molecule has 1 N–H and O–H groups in total. The number of fused-ring (bicyclic) bond motifs is 1. The summed E-state index contributed by atoms with van der Waals surface area (Å²) in [5.41, 5.74) is 2.20.